The number of benzene rings is 2. The molecule has 8 nitrogen and oxygen atoms in total. The predicted octanol–water partition coefficient (Wildman–Crippen LogP) is 4.11. The summed E-state index contributed by atoms with van der Waals surface area (Å²) >= 11 is 0. The fourth-order valence-corrected chi connectivity index (χ4v) is 5.72. The molecule has 0 bridgehead atoms. The molecule has 1 aliphatic carbocycles. The summed E-state index contributed by atoms with van der Waals surface area (Å²) in [6.45, 7) is 2.19. The SMILES string of the molecule is COc1ccccc1N(CCCC(=O)N(Cc1ccccc1)C(C)C(=O)NC1CCCCC1)S(C)(=O)=O. The van der Waals surface area contributed by atoms with Crippen LogP contribution in [-0.2, 0) is 26.2 Å². The van der Waals surface area contributed by atoms with Gasteiger partial charge in [0.25, 0.3) is 0 Å². The van der Waals surface area contributed by atoms with Gasteiger partial charge in [-0.3, -0.25) is 13.9 Å². The van der Waals surface area contributed by atoms with Gasteiger partial charge in [0.15, 0.2) is 0 Å². The molecule has 202 valence electrons. The first-order chi connectivity index (χ1) is 17.7. The summed E-state index contributed by atoms with van der Waals surface area (Å²) in [5.41, 5.74) is 1.36. The molecule has 1 saturated carbocycles. The first-order valence-corrected chi connectivity index (χ1v) is 14.8. The second-order valence-electron chi connectivity index (χ2n) is 9.64. The summed E-state index contributed by atoms with van der Waals surface area (Å²) in [5.74, 6) is 0.101. The Bertz CT molecular complexity index is 1130. The van der Waals surface area contributed by atoms with Gasteiger partial charge in [0.2, 0.25) is 21.8 Å². The van der Waals surface area contributed by atoms with E-state index >= 15 is 0 Å². The van der Waals surface area contributed by atoms with Crippen LogP contribution >= 0.6 is 0 Å². The molecule has 0 spiro atoms. The average molecular weight is 530 g/mol. The van der Waals surface area contributed by atoms with Gasteiger partial charge < -0.3 is 15.0 Å². The van der Waals surface area contributed by atoms with Crippen LogP contribution < -0.4 is 14.4 Å². The summed E-state index contributed by atoms with van der Waals surface area (Å²) in [6, 6.07) is 16.0. The standard InChI is InChI=1S/C28H39N3O5S/c1-22(28(33)29-24-15-8-5-9-16-24)30(21-23-13-6-4-7-14-23)27(32)19-12-20-31(37(3,34)35)25-17-10-11-18-26(25)36-2/h4,6-7,10-11,13-14,17-18,22,24H,5,8-9,12,15-16,19-21H2,1-3H3,(H,29,33). The zero-order chi connectivity index (χ0) is 26.8. The van der Waals surface area contributed by atoms with Crippen LogP contribution in [0.5, 0.6) is 5.75 Å². The highest BCUT2D eigenvalue weighted by atomic mass is 32.2. The maximum absolute atomic E-state index is 13.4. The molecule has 0 heterocycles. The number of hydrogen-bond acceptors (Lipinski definition) is 5. The minimum absolute atomic E-state index is 0.106. The van der Waals surface area contributed by atoms with E-state index in [1.807, 2.05) is 30.3 Å². The number of ether oxygens (including phenoxy) is 1. The van der Waals surface area contributed by atoms with E-state index in [9.17, 15) is 18.0 Å². The van der Waals surface area contributed by atoms with Gasteiger partial charge in [0, 0.05) is 25.6 Å². The number of anilines is 1. The molecule has 1 atom stereocenters. The van der Waals surface area contributed by atoms with Crippen molar-refractivity contribution < 1.29 is 22.7 Å². The van der Waals surface area contributed by atoms with E-state index in [0.29, 0.717) is 24.4 Å². The topological polar surface area (TPSA) is 96.0 Å². The highest BCUT2D eigenvalue weighted by Gasteiger charge is 2.28. The van der Waals surface area contributed by atoms with Crippen LogP contribution in [0, 0.1) is 0 Å². The molecule has 2 aromatic carbocycles. The van der Waals surface area contributed by atoms with Gasteiger partial charge in [-0.15, -0.1) is 0 Å². The maximum Gasteiger partial charge on any atom is 0.242 e. The second kappa shape index (κ2) is 13.5. The lowest BCUT2D eigenvalue weighted by atomic mass is 9.95. The molecular formula is C28H39N3O5S. The highest BCUT2D eigenvalue weighted by Crippen LogP contribution is 2.30. The van der Waals surface area contributed by atoms with Gasteiger partial charge in [-0.1, -0.05) is 61.7 Å². The van der Waals surface area contributed by atoms with Crippen LogP contribution in [0.4, 0.5) is 5.69 Å². The van der Waals surface area contributed by atoms with Gasteiger partial charge in [-0.05, 0) is 43.9 Å². The molecule has 2 aromatic rings. The Hall–Kier alpha value is -3.07. The van der Waals surface area contributed by atoms with E-state index in [4.69, 9.17) is 4.74 Å². The number of rotatable bonds is 12. The number of hydrogen-bond donors (Lipinski definition) is 1. The van der Waals surface area contributed by atoms with Crippen molar-refractivity contribution in [2.75, 3.05) is 24.2 Å². The number of methoxy groups -OCH3 is 1. The number of amides is 2. The fraction of sp³-hybridized carbons (Fsp3) is 0.500. The van der Waals surface area contributed by atoms with Crippen molar-refractivity contribution >= 4 is 27.5 Å². The molecule has 0 radical (unpaired) electrons. The van der Waals surface area contributed by atoms with Gasteiger partial charge in [-0.2, -0.15) is 0 Å². The van der Waals surface area contributed by atoms with Gasteiger partial charge in [0.1, 0.15) is 11.8 Å². The van der Waals surface area contributed by atoms with Crippen molar-refractivity contribution in [2.45, 2.75) is 70.5 Å². The molecule has 1 unspecified atom stereocenters. The van der Waals surface area contributed by atoms with Crippen LogP contribution in [0.25, 0.3) is 0 Å². The summed E-state index contributed by atoms with van der Waals surface area (Å²) in [6.07, 6.45) is 6.89. The number of carbonyl (C=O) groups excluding carboxylic acids is 2. The number of nitrogens with zero attached hydrogens (tertiary/aromatic N) is 2. The van der Waals surface area contributed by atoms with Crippen LogP contribution in [-0.4, -0.2) is 57.1 Å². The van der Waals surface area contributed by atoms with Crippen molar-refractivity contribution in [3.05, 3.63) is 60.2 Å². The molecule has 0 aliphatic heterocycles. The zero-order valence-corrected chi connectivity index (χ0v) is 22.9. The third-order valence-electron chi connectivity index (χ3n) is 6.82. The predicted molar refractivity (Wildman–Crippen MR) is 146 cm³/mol. The van der Waals surface area contributed by atoms with E-state index in [-0.39, 0.29) is 30.8 Å². The molecule has 3 rings (SSSR count). The summed E-state index contributed by atoms with van der Waals surface area (Å²) in [5, 5.41) is 3.13. The summed E-state index contributed by atoms with van der Waals surface area (Å²) < 4.78 is 31.7. The Morgan fingerprint density at radius 2 is 1.68 bits per heavy atom. The Labute approximate surface area is 221 Å². The lowest BCUT2D eigenvalue weighted by Crippen LogP contribution is -2.50. The number of para-hydroxylation sites is 2. The normalized spacial score (nSPS) is 15.0. The van der Waals surface area contributed by atoms with E-state index < -0.39 is 16.1 Å². The zero-order valence-electron chi connectivity index (χ0n) is 22.1. The lowest BCUT2D eigenvalue weighted by Gasteiger charge is -2.31. The molecular weight excluding hydrogens is 490 g/mol. The van der Waals surface area contributed by atoms with Crippen LogP contribution in [0.2, 0.25) is 0 Å². The third-order valence-corrected chi connectivity index (χ3v) is 8.00. The summed E-state index contributed by atoms with van der Waals surface area (Å²) in [4.78, 5) is 28.1. The quantitative estimate of drug-likeness (QED) is 0.447. The van der Waals surface area contributed by atoms with E-state index in [0.717, 1.165) is 37.5 Å². The number of carbonyl (C=O) groups is 2. The van der Waals surface area contributed by atoms with Crippen molar-refractivity contribution in [1.29, 1.82) is 0 Å². The molecule has 0 aromatic heterocycles. The van der Waals surface area contributed by atoms with Crippen LogP contribution in [0.1, 0.15) is 57.4 Å². The highest BCUT2D eigenvalue weighted by molar-refractivity contribution is 7.92. The van der Waals surface area contributed by atoms with Crippen LogP contribution in [0.15, 0.2) is 54.6 Å². The molecule has 1 fully saturated rings. The Morgan fingerprint density at radius 3 is 2.32 bits per heavy atom. The number of nitrogens with one attached hydrogen (secondary N) is 1. The van der Waals surface area contributed by atoms with Crippen LogP contribution in [0.3, 0.4) is 0 Å². The van der Waals surface area contributed by atoms with E-state index in [1.165, 1.54) is 17.8 Å². The van der Waals surface area contributed by atoms with E-state index in [1.54, 1.807) is 36.1 Å². The second-order valence-corrected chi connectivity index (χ2v) is 11.5. The molecule has 2 amide bonds. The van der Waals surface area contributed by atoms with Gasteiger partial charge in [0.05, 0.1) is 19.1 Å². The Morgan fingerprint density at radius 1 is 1.03 bits per heavy atom. The summed E-state index contributed by atoms with van der Waals surface area (Å²) in [7, 11) is -2.11. The molecule has 9 heteroatoms. The van der Waals surface area contributed by atoms with Crippen molar-refractivity contribution in [2.24, 2.45) is 0 Å². The molecule has 1 aliphatic rings. The Balaban J connectivity index is 1.71. The monoisotopic (exact) mass is 529 g/mol. The average Bonchev–Trinajstić information content (AvgIpc) is 2.89. The molecule has 37 heavy (non-hydrogen) atoms. The minimum Gasteiger partial charge on any atom is -0.495 e. The van der Waals surface area contributed by atoms with Crippen molar-refractivity contribution in [3.63, 3.8) is 0 Å². The first kappa shape index (κ1) is 28.5. The maximum atomic E-state index is 13.4. The first-order valence-electron chi connectivity index (χ1n) is 12.9. The smallest absolute Gasteiger partial charge is 0.242 e. The number of sulfonamides is 1. The van der Waals surface area contributed by atoms with Crippen molar-refractivity contribution in [1.82, 2.24) is 10.2 Å². The van der Waals surface area contributed by atoms with E-state index in [2.05, 4.69) is 5.32 Å². The Kier molecular flexibility index (Phi) is 10.4. The van der Waals surface area contributed by atoms with Gasteiger partial charge >= 0.3 is 0 Å². The minimum atomic E-state index is -3.60. The largest absolute Gasteiger partial charge is 0.495 e. The molecule has 0 saturated heterocycles. The van der Waals surface area contributed by atoms with Crippen molar-refractivity contribution in [3.8, 4) is 5.75 Å². The lowest BCUT2D eigenvalue weighted by molar-refractivity contribution is -0.141. The van der Waals surface area contributed by atoms with Gasteiger partial charge in [-0.25, -0.2) is 8.42 Å². The fourth-order valence-electron chi connectivity index (χ4n) is 4.75. The molecule has 1 N–H and O–H groups in total. The third kappa shape index (κ3) is 8.21.